The van der Waals surface area contributed by atoms with Crippen molar-refractivity contribution in [3.8, 4) is 11.3 Å². The summed E-state index contributed by atoms with van der Waals surface area (Å²) in [6.45, 7) is 1.41. The van der Waals surface area contributed by atoms with Gasteiger partial charge in [0.15, 0.2) is 0 Å². The molecule has 1 fully saturated rings. The molecule has 6 nitrogen and oxygen atoms in total. The quantitative estimate of drug-likeness (QED) is 0.793. The molecule has 1 saturated heterocycles. The van der Waals surface area contributed by atoms with Gasteiger partial charge in [-0.3, -0.25) is 4.98 Å². The van der Waals surface area contributed by atoms with Crippen molar-refractivity contribution in [2.75, 3.05) is 18.0 Å². The van der Waals surface area contributed by atoms with E-state index in [1.807, 2.05) is 30.3 Å². The number of hydrogen-bond donors (Lipinski definition) is 1. The summed E-state index contributed by atoms with van der Waals surface area (Å²) in [5.74, 6) is 0.840. The summed E-state index contributed by atoms with van der Waals surface area (Å²) >= 11 is 0. The number of aromatic nitrogens is 4. The second-order valence-electron chi connectivity index (χ2n) is 6.27. The third-order valence-electron chi connectivity index (χ3n) is 4.70. The van der Waals surface area contributed by atoms with Gasteiger partial charge in [-0.2, -0.15) is 0 Å². The highest BCUT2D eigenvalue weighted by Crippen LogP contribution is 2.33. The molecule has 0 spiro atoms. The van der Waals surface area contributed by atoms with E-state index in [-0.39, 0.29) is 0 Å². The first kappa shape index (κ1) is 15.7. The van der Waals surface area contributed by atoms with E-state index in [4.69, 9.17) is 4.98 Å². The Morgan fingerprint density at radius 1 is 0.880 bits per heavy atom. The van der Waals surface area contributed by atoms with Crippen LogP contribution in [0, 0.1) is 0 Å². The molecule has 0 amide bonds. The molecule has 0 unspecified atom stereocenters. The van der Waals surface area contributed by atoms with Gasteiger partial charge < -0.3 is 10.0 Å². The standard InChI is InChI=1S/C19H19N5O/c25-19(16-10-21-14-22-11-16)6-8-24(9-7-19)18-13-20-12-17(23-18)15-4-2-1-3-5-15/h1-5,10-14,25H,6-9H2. The highest BCUT2D eigenvalue weighted by molar-refractivity contribution is 5.60. The van der Waals surface area contributed by atoms with Crippen LogP contribution in [0.25, 0.3) is 11.3 Å². The number of anilines is 1. The fourth-order valence-electron chi connectivity index (χ4n) is 3.19. The minimum Gasteiger partial charge on any atom is -0.385 e. The maximum absolute atomic E-state index is 10.9. The van der Waals surface area contributed by atoms with E-state index in [1.165, 1.54) is 6.33 Å². The maximum atomic E-state index is 10.9. The molecule has 3 aromatic rings. The van der Waals surface area contributed by atoms with Crippen LogP contribution in [-0.4, -0.2) is 38.1 Å². The maximum Gasteiger partial charge on any atom is 0.147 e. The topological polar surface area (TPSA) is 75.0 Å². The van der Waals surface area contributed by atoms with E-state index in [0.717, 1.165) is 22.6 Å². The summed E-state index contributed by atoms with van der Waals surface area (Å²) in [6.07, 6.45) is 9.64. The molecule has 25 heavy (non-hydrogen) atoms. The normalized spacial score (nSPS) is 16.6. The van der Waals surface area contributed by atoms with Crippen LogP contribution in [0.3, 0.4) is 0 Å². The first-order chi connectivity index (χ1) is 12.2. The van der Waals surface area contributed by atoms with Crippen molar-refractivity contribution in [2.24, 2.45) is 0 Å². The first-order valence-electron chi connectivity index (χ1n) is 8.35. The van der Waals surface area contributed by atoms with Crippen LogP contribution < -0.4 is 4.90 Å². The predicted molar refractivity (Wildman–Crippen MR) is 94.8 cm³/mol. The van der Waals surface area contributed by atoms with Gasteiger partial charge in [0, 0.05) is 36.6 Å². The summed E-state index contributed by atoms with van der Waals surface area (Å²) in [7, 11) is 0. The van der Waals surface area contributed by atoms with E-state index >= 15 is 0 Å². The average molecular weight is 333 g/mol. The fourth-order valence-corrected chi connectivity index (χ4v) is 3.19. The van der Waals surface area contributed by atoms with Crippen LogP contribution in [0.1, 0.15) is 18.4 Å². The third-order valence-corrected chi connectivity index (χ3v) is 4.70. The number of hydrogen-bond acceptors (Lipinski definition) is 6. The Hall–Kier alpha value is -2.86. The summed E-state index contributed by atoms with van der Waals surface area (Å²) in [4.78, 5) is 19.3. The molecule has 1 aromatic carbocycles. The summed E-state index contributed by atoms with van der Waals surface area (Å²) in [6, 6.07) is 10.0. The van der Waals surface area contributed by atoms with Crippen molar-refractivity contribution >= 4 is 5.82 Å². The SMILES string of the molecule is OC1(c2cncnc2)CCN(c2cncc(-c3ccccc3)n2)CC1. The lowest BCUT2D eigenvalue weighted by atomic mass is 9.86. The predicted octanol–water partition coefficient (Wildman–Crippen LogP) is 2.42. The molecular formula is C19H19N5O. The van der Waals surface area contributed by atoms with E-state index in [2.05, 4.69) is 19.9 Å². The molecule has 0 radical (unpaired) electrons. The molecular weight excluding hydrogens is 314 g/mol. The molecule has 1 aliphatic rings. The Labute approximate surface area is 146 Å². The molecule has 2 aromatic heterocycles. The second-order valence-corrected chi connectivity index (χ2v) is 6.27. The lowest BCUT2D eigenvalue weighted by Crippen LogP contribution is -2.43. The average Bonchev–Trinajstić information content (AvgIpc) is 2.70. The van der Waals surface area contributed by atoms with Gasteiger partial charge in [-0.15, -0.1) is 0 Å². The summed E-state index contributed by atoms with van der Waals surface area (Å²) in [5, 5.41) is 10.9. The number of rotatable bonds is 3. The highest BCUT2D eigenvalue weighted by atomic mass is 16.3. The van der Waals surface area contributed by atoms with Crippen LogP contribution in [-0.2, 0) is 5.60 Å². The van der Waals surface area contributed by atoms with Gasteiger partial charge in [-0.05, 0) is 12.8 Å². The first-order valence-corrected chi connectivity index (χ1v) is 8.35. The lowest BCUT2D eigenvalue weighted by molar-refractivity contribution is 0.0110. The zero-order valence-electron chi connectivity index (χ0n) is 13.8. The van der Waals surface area contributed by atoms with Crippen LogP contribution in [0.5, 0.6) is 0 Å². The Morgan fingerprint density at radius 3 is 2.32 bits per heavy atom. The van der Waals surface area contributed by atoms with E-state index < -0.39 is 5.60 Å². The Kier molecular flexibility index (Phi) is 4.11. The smallest absolute Gasteiger partial charge is 0.147 e. The van der Waals surface area contributed by atoms with Crippen LogP contribution >= 0.6 is 0 Å². The van der Waals surface area contributed by atoms with Gasteiger partial charge in [-0.25, -0.2) is 15.0 Å². The number of piperidine rings is 1. The van der Waals surface area contributed by atoms with Gasteiger partial charge >= 0.3 is 0 Å². The lowest BCUT2D eigenvalue weighted by Gasteiger charge is -2.38. The van der Waals surface area contributed by atoms with Crippen LogP contribution in [0.15, 0.2) is 61.4 Å². The Morgan fingerprint density at radius 2 is 1.60 bits per heavy atom. The zero-order valence-corrected chi connectivity index (χ0v) is 13.8. The fraction of sp³-hybridized carbons (Fsp3) is 0.263. The summed E-state index contributed by atoms with van der Waals surface area (Å²) < 4.78 is 0. The Bertz CT molecular complexity index is 833. The minimum atomic E-state index is -0.873. The molecule has 1 N–H and O–H groups in total. The minimum absolute atomic E-state index is 0.609. The molecule has 126 valence electrons. The summed E-state index contributed by atoms with van der Waals surface area (Å²) in [5.41, 5.74) is 1.81. The van der Waals surface area contributed by atoms with Gasteiger partial charge in [-0.1, -0.05) is 30.3 Å². The largest absolute Gasteiger partial charge is 0.385 e. The number of benzene rings is 1. The van der Waals surface area contributed by atoms with Crippen molar-refractivity contribution in [2.45, 2.75) is 18.4 Å². The van der Waals surface area contributed by atoms with E-state index in [1.54, 1.807) is 24.8 Å². The van der Waals surface area contributed by atoms with Gasteiger partial charge in [0.2, 0.25) is 0 Å². The molecule has 1 aliphatic heterocycles. The van der Waals surface area contributed by atoms with E-state index in [0.29, 0.717) is 25.9 Å². The monoisotopic (exact) mass is 333 g/mol. The zero-order chi connectivity index (χ0) is 17.1. The van der Waals surface area contributed by atoms with Crippen molar-refractivity contribution in [3.63, 3.8) is 0 Å². The molecule has 0 aliphatic carbocycles. The number of nitrogens with zero attached hydrogens (tertiary/aromatic N) is 5. The highest BCUT2D eigenvalue weighted by Gasteiger charge is 2.35. The van der Waals surface area contributed by atoms with Crippen molar-refractivity contribution < 1.29 is 5.11 Å². The van der Waals surface area contributed by atoms with Gasteiger partial charge in [0.25, 0.3) is 0 Å². The van der Waals surface area contributed by atoms with Gasteiger partial charge in [0.05, 0.1) is 23.7 Å². The van der Waals surface area contributed by atoms with Crippen molar-refractivity contribution in [1.82, 2.24) is 19.9 Å². The molecule has 0 bridgehead atoms. The van der Waals surface area contributed by atoms with Crippen molar-refractivity contribution in [3.05, 3.63) is 67.0 Å². The van der Waals surface area contributed by atoms with Crippen LogP contribution in [0.4, 0.5) is 5.82 Å². The number of aliphatic hydroxyl groups is 1. The Balaban J connectivity index is 1.52. The van der Waals surface area contributed by atoms with Crippen LogP contribution in [0.2, 0.25) is 0 Å². The third kappa shape index (κ3) is 3.21. The molecule has 4 rings (SSSR count). The molecule has 0 saturated carbocycles. The van der Waals surface area contributed by atoms with Crippen molar-refractivity contribution in [1.29, 1.82) is 0 Å². The second kappa shape index (κ2) is 6.57. The van der Waals surface area contributed by atoms with E-state index in [9.17, 15) is 5.11 Å². The molecule has 6 heteroatoms. The van der Waals surface area contributed by atoms with Gasteiger partial charge in [0.1, 0.15) is 12.1 Å². The molecule has 3 heterocycles. The molecule has 0 atom stereocenters.